The van der Waals surface area contributed by atoms with Crippen molar-refractivity contribution in [1.29, 1.82) is 0 Å². The summed E-state index contributed by atoms with van der Waals surface area (Å²) < 4.78 is 10.7. The van der Waals surface area contributed by atoms with Crippen molar-refractivity contribution in [1.82, 2.24) is 9.80 Å². The van der Waals surface area contributed by atoms with E-state index >= 15 is 0 Å². The quantitative estimate of drug-likeness (QED) is 0.827. The molecule has 0 aliphatic carbocycles. The fourth-order valence-electron chi connectivity index (χ4n) is 2.97. The van der Waals surface area contributed by atoms with E-state index in [0.717, 1.165) is 12.8 Å². The highest BCUT2D eigenvalue weighted by molar-refractivity contribution is 5.68. The number of hydrogen-bond donors (Lipinski definition) is 1. The second-order valence-corrected chi connectivity index (χ2v) is 7.04. The third-order valence-electron chi connectivity index (χ3n) is 4.24. The lowest BCUT2D eigenvalue weighted by atomic mass is 10.0. The zero-order valence-electron chi connectivity index (χ0n) is 13.5. The summed E-state index contributed by atoms with van der Waals surface area (Å²) >= 11 is 0. The molecule has 2 heterocycles. The van der Waals surface area contributed by atoms with Crippen molar-refractivity contribution in [3.05, 3.63) is 0 Å². The van der Waals surface area contributed by atoms with E-state index in [0.29, 0.717) is 32.3 Å². The van der Waals surface area contributed by atoms with Crippen molar-refractivity contribution >= 4 is 6.09 Å². The topological polar surface area (TPSA) is 62.2 Å². The molecular formula is C15H28N2O4. The lowest BCUT2D eigenvalue weighted by Gasteiger charge is -2.39. The van der Waals surface area contributed by atoms with E-state index in [4.69, 9.17) is 9.47 Å². The Bertz CT molecular complexity index is 361. The van der Waals surface area contributed by atoms with E-state index < -0.39 is 11.7 Å². The van der Waals surface area contributed by atoms with Gasteiger partial charge in [-0.05, 0) is 40.7 Å². The number of piperidine rings is 1. The molecule has 0 saturated carbocycles. The number of carbonyl (C=O) groups is 1. The van der Waals surface area contributed by atoms with Crippen LogP contribution in [0.5, 0.6) is 0 Å². The molecule has 122 valence electrons. The number of ether oxygens (including phenoxy) is 2. The zero-order valence-corrected chi connectivity index (χ0v) is 13.5. The molecule has 0 radical (unpaired) electrons. The van der Waals surface area contributed by atoms with Gasteiger partial charge in [0.1, 0.15) is 5.60 Å². The average Bonchev–Trinajstić information content (AvgIpc) is 2.82. The molecule has 0 aromatic rings. The number of nitrogens with zero attached hydrogens (tertiary/aromatic N) is 2. The Morgan fingerprint density at radius 1 is 1.29 bits per heavy atom. The molecule has 6 heteroatoms. The Balaban J connectivity index is 1.81. The molecule has 0 aromatic heterocycles. The molecular weight excluding hydrogens is 272 g/mol. The number of aliphatic hydroxyl groups excluding tert-OH is 1. The molecule has 2 atom stereocenters. The summed E-state index contributed by atoms with van der Waals surface area (Å²) in [5.41, 5.74) is -0.448. The van der Waals surface area contributed by atoms with Crippen molar-refractivity contribution in [3.8, 4) is 0 Å². The summed E-state index contributed by atoms with van der Waals surface area (Å²) in [5, 5.41) is 9.91. The fourth-order valence-corrected chi connectivity index (χ4v) is 2.97. The molecule has 2 aliphatic heterocycles. The van der Waals surface area contributed by atoms with Crippen LogP contribution >= 0.6 is 0 Å². The van der Waals surface area contributed by atoms with Crippen molar-refractivity contribution in [2.75, 3.05) is 33.4 Å². The van der Waals surface area contributed by atoms with Crippen LogP contribution in [0.1, 0.15) is 33.6 Å². The van der Waals surface area contributed by atoms with Crippen molar-refractivity contribution in [3.63, 3.8) is 0 Å². The highest BCUT2D eigenvalue weighted by Crippen LogP contribution is 2.22. The zero-order chi connectivity index (χ0) is 15.6. The minimum absolute atomic E-state index is 0.0723. The monoisotopic (exact) mass is 300 g/mol. The van der Waals surface area contributed by atoms with Crippen molar-refractivity contribution < 1.29 is 19.4 Å². The highest BCUT2D eigenvalue weighted by atomic mass is 16.6. The summed E-state index contributed by atoms with van der Waals surface area (Å²) in [7, 11) is 2.04. The number of carbonyl (C=O) groups excluding carboxylic acids is 1. The predicted molar refractivity (Wildman–Crippen MR) is 79.2 cm³/mol. The van der Waals surface area contributed by atoms with E-state index in [-0.39, 0.29) is 12.1 Å². The van der Waals surface area contributed by atoms with Crippen LogP contribution in [0.25, 0.3) is 0 Å². The predicted octanol–water partition coefficient (Wildman–Crippen LogP) is 1.08. The minimum atomic E-state index is -0.448. The molecule has 0 spiro atoms. The minimum Gasteiger partial charge on any atom is -0.444 e. The van der Waals surface area contributed by atoms with Gasteiger partial charge in [-0.25, -0.2) is 4.79 Å². The van der Waals surface area contributed by atoms with E-state index in [2.05, 4.69) is 4.90 Å². The first-order valence-corrected chi connectivity index (χ1v) is 7.73. The van der Waals surface area contributed by atoms with Gasteiger partial charge in [0.15, 0.2) is 0 Å². The van der Waals surface area contributed by atoms with Crippen molar-refractivity contribution in [2.45, 2.75) is 57.4 Å². The van der Waals surface area contributed by atoms with Crippen LogP contribution in [0.15, 0.2) is 0 Å². The summed E-state index contributed by atoms with van der Waals surface area (Å²) in [4.78, 5) is 16.0. The molecule has 2 aliphatic rings. The van der Waals surface area contributed by atoms with Crippen LogP contribution in [0.2, 0.25) is 0 Å². The molecule has 0 bridgehead atoms. The number of rotatable bonds is 2. The molecule has 1 amide bonds. The number of aliphatic hydroxyl groups is 1. The Hall–Kier alpha value is -0.850. The maximum atomic E-state index is 12.0. The van der Waals surface area contributed by atoms with Gasteiger partial charge in [-0.3, -0.25) is 4.90 Å². The highest BCUT2D eigenvalue weighted by Gasteiger charge is 2.35. The van der Waals surface area contributed by atoms with Crippen LogP contribution in [0, 0.1) is 0 Å². The Labute approximate surface area is 127 Å². The molecule has 2 fully saturated rings. The van der Waals surface area contributed by atoms with Gasteiger partial charge in [0.05, 0.1) is 25.4 Å². The summed E-state index contributed by atoms with van der Waals surface area (Å²) in [6.45, 7) is 8.06. The lowest BCUT2D eigenvalue weighted by Crippen LogP contribution is -2.52. The SMILES string of the molecule is CN(C1CCN(C(=O)OC(C)(C)C)CC1)[C@@H]1COC[C@H]1O. The summed E-state index contributed by atoms with van der Waals surface area (Å²) in [5.74, 6) is 0. The number of amides is 1. The molecule has 21 heavy (non-hydrogen) atoms. The third kappa shape index (κ3) is 4.31. The van der Waals surface area contributed by atoms with Crippen LogP contribution in [-0.4, -0.2) is 78.1 Å². The molecule has 2 rings (SSSR count). The van der Waals surface area contributed by atoms with Gasteiger partial charge in [0, 0.05) is 19.1 Å². The van der Waals surface area contributed by atoms with E-state index in [1.165, 1.54) is 0 Å². The average molecular weight is 300 g/mol. The second kappa shape index (κ2) is 6.50. The Kier molecular flexibility index (Phi) is 5.11. The van der Waals surface area contributed by atoms with Gasteiger partial charge in [-0.1, -0.05) is 0 Å². The molecule has 0 unspecified atom stereocenters. The third-order valence-corrected chi connectivity index (χ3v) is 4.24. The largest absolute Gasteiger partial charge is 0.444 e. The first kappa shape index (κ1) is 16.5. The maximum absolute atomic E-state index is 12.0. The second-order valence-electron chi connectivity index (χ2n) is 7.04. The summed E-state index contributed by atoms with van der Waals surface area (Å²) in [6.07, 6.45) is 1.17. The first-order valence-electron chi connectivity index (χ1n) is 7.73. The van der Waals surface area contributed by atoms with Gasteiger partial charge < -0.3 is 19.5 Å². The Morgan fingerprint density at radius 3 is 2.38 bits per heavy atom. The van der Waals surface area contributed by atoms with Crippen LogP contribution in [0.4, 0.5) is 4.79 Å². The van der Waals surface area contributed by atoms with Crippen LogP contribution in [-0.2, 0) is 9.47 Å². The van der Waals surface area contributed by atoms with Crippen molar-refractivity contribution in [2.24, 2.45) is 0 Å². The normalized spacial score (nSPS) is 28.2. The first-order chi connectivity index (χ1) is 9.78. The van der Waals surface area contributed by atoms with E-state index in [9.17, 15) is 9.90 Å². The number of likely N-dealkylation sites (tertiary alicyclic amines) is 1. The molecule has 0 aromatic carbocycles. The van der Waals surface area contributed by atoms with Gasteiger partial charge in [-0.2, -0.15) is 0 Å². The van der Waals surface area contributed by atoms with Gasteiger partial charge in [0.25, 0.3) is 0 Å². The van der Waals surface area contributed by atoms with Crippen LogP contribution in [0.3, 0.4) is 0 Å². The fraction of sp³-hybridized carbons (Fsp3) is 0.933. The number of likely N-dealkylation sites (N-methyl/N-ethyl adjacent to an activating group) is 1. The summed E-state index contributed by atoms with van der Waals surface area (Å²) in [6, 6.07) is 0.452. The molecule has 1 N–H and O–H groups in total. The molecule has 2 saturated heterocycles. The smallest absolute Gasteiger partial charge is 0.410 e. The lowest BCUT2D eigenvalue weighted by molar-refractivity contribution is 0.00795. The maximum Gasteiger partial charge on any atom is 0.410 e. The van der Waals surface area contributed by atoms with Gasteiger partial charge >= 0.3 is 6.09 Å². The van der Waals surface area contributed by atoms with E-state index in [1.54, 1.807) is 4.90 Å². The van der Waals surface area contributed by atoms with Crippen LogP contribution < -0.4 is 0 Å². The van der Waals surface area contributed by atoms with Gasteiger partial charge in [-0.15, -0.1) is 0 Å². The van der Waals surface area contributed by atoms with E-state index in [1.807, 2.05) is 27.8 Å². The number of hydrogen-bond acceptors (Lipinski definition) is 5. The molecule has 6 nitrogen and oxygen atoms in total. The standard InChI is InChI=1S/C15H28N2O4/c1-15(2,3)21-14(19)17-7-5-11(6-8-17)16(4)12-9-20-10-13(12)18/h11-13,18H,5-10H2,1-4H3/t12-,13-/m1/s1. The van der Waals surface area contributed by atoms with Gasteiger partial charge in [0.2, 0.25) is 0 Å². The Morgan fingerprint density at radius 2 is 1.90 bits per heavy atom.